The molecule has 0 aliphatic carbocycles. The van der Waals surface area contributed by atoms with E-state index in [1.807, 2.05) is 6.07 Å². The van der Waals surface area contributed by atoms with Crippen LogP contribution in [-0.2, 0) is 19.4 Å². The summed E-state index contributed by atoms with van der Waals surface area (Å²) in [5.74, 6) is -1.14. The molecule has 1 aliphatic rings. The Labute approximate surface area is 145 Å². The molecule has 2 N–H and O–H groups in total. The Morgan fingerprint density at radius 2 is 1.74 bits per heavy atom. The van der Waals surface area contributed by atoms with Gasteiger partial charge in [0.25, 0.3) is 0 Å². The van der Waals surface area contributed by atoms with Crippen LogP contribution >= 0.6 is 24.0 Å². The summed E-state index contributed by atoms with van der Waals surface area (Å²) in [6.07, 6.45) is 1.84. The van der Waals surface area contributed by atoms with Gasteiger partial charge in [-0.15, -0.1) is 12.4 Å². The van der Waals surface area contributed by atoms with Crippen LogP contribution in [0.5, 0.6) is 0 Å². The van der Waals surface area contributed by atoms with E-state index >= 15 is 0 Å². The van der Waals surface area contributed by atoms with Crippen LogP contribution in [0.1, 0.15) is 16.7 Å². The van der Waals surface area contributed by atoms with E-state index in [0.29, 0.717) is 17.1 Å². The first kappa shape index (κ1) is 18.0. The zero-order chi connectivity index (χ0) is 15.5. The van der Waals surface area contributed by atoms with E-state index in [0.717, 1.165) is 37.7 Å². The topological polar surface area (TPSA) is 24.1 Å². The minimum Gasteiger partial charge on any atom is -0.380 e. The maximum absolute atomic E-state index is 13.3. The fraction of sp³-hybridized carbons (Fsp3) is 0.294. The van der Waals surface area contributed by atoms with Gasteiger partial charge in [-0.25, -0.2) is 8.78 Å². The summed E-state index contributed by atoms with van der Waals surface area (Å²) in [5.41, 5.74) is 3.88. The number of hydrogen-bond donors (Lipinski definition) is 2. The SMILES string of the molecule is Cl.Fc1cc(F)cc(CNc2c(Cl)ccc3c2CCNCC3)c1. The van der Waals surface area contributed by atoms with Crippen molar-refractivity contribution in [1.82, 2.24) is 5.32 Å². The van der Waals surface area contributed by atoms with E-state index in [1.165, 1.54) is 23.3 Å². The number of rotatable bonds is 3. The van der Waals surface area contributed by atoms with Gasteiger partial charge >= 0.3 is 0 Å². The Morgan fingerprint density at radius 3 is 2.48 bits per heavy atom. The lowest BCUT2D eigenvalue weighted by Gasteiger charge is -2.16. The maximum Gasteiger partial charge on any atom is 0.126 e. The zero-order valence-electron chi connectivity index (χ0n) is 12.5. The molecule has 0 amide bonds. The summed E-state index contributed by atoms with van der Waals surface area (Å²) in [6.45, 7) is 2.18. The molecule has 0 atom stereocenters. The van der Waals surface area contributed by atoms with Crippen LogP contribution in [0.15, 0.2) is 30.3 Å². The number of benzene rings is 2. The second-order valence-electron chi connectivity index (χ2n) is 5.44. The third kappa shape index (κ3) is 4.34. The van der Waals surface area contributed by atoms with Gasteiger partial charge in [-0.05, 0) is 60.8 Å². The molecule has 2 aromatic carbocycles. The van der Waals surface area contributed by atoms with Gasteiger partial charge < -0.3 is 10.6 Å². The van der Waals surface area contributed by atoms with Crippen molar-refractivity contribution in [2.24, 2.45) is 0 Å². The molecule has 23 heavy (non-hydrogen) atoms. The molecule has 0 saturated carbocycles. The van der Waals surface area contributed by atoms with Crippen molar-refractivity contribution >= 4 is 29.7 Å². The fourth-order valence-electron chi connectivity index (χ4n) is 2.84. The first-order chi connectivity index (χ1) is 10.6. The first-order valence-electron chi connectivity index (χ1n) is 7.33. The monoisotopic (exact) mass is 358 g/mol. The molecule has 2 nitrogen and oxygen atoms in total. The summed E-state index contributed by atoms with van der Waals surface area (Å²) >= 11 is 6.31. The number of fused-ring (bicyclic) bond motifs is 1. The third-order valence-electron chi connectivity index (χ3n) is 3.87. The van der Waals surface area contributed by atoms with Crippen LogP contribution in [0, 0.1) is 11.6 Å². The maximum atomic E-state index is 13.3. The second kappa shape index (κ2) is 7.95. The van der Waals surface area contributed by atoms with Crippen LogP contribution in [-0.4, -0.2) is 13.1 Å². The Hall–Kier alpha value is -1.36. The van der Waals surface area contributed by atoms with Crippen LogP contribution in [0.3, 0.4) is 0 Å². The molecule has 1 heterocycles. The highest BCUT2D eigenvalue weighted by Gasteiger charge is 2.14. The summed E-state index contributed by atoms with van der Waals surface area (Å²) in [6, 6.07) is 7.45. The van der Waals surface area contributed by atoms with E-state index in [9.17, 15) is 8.78 Å². The number of halogens is 4. The highest BCUT2D eigenvalue weighted by molar-refractivity contribution is 6.33. The lowest BCUT2D eigenvalue weighted by molar-refractivity contribution is 0.580. The van der Waals surface area contributed by atoms with E-state index in [4.69, 9.17) is 11.6 Å². The van der Waals surface area contributed by atoms with Crippen molar-refractivity contribution in [3.63, 3.8) is 0 Å². The lowest BCUT2D eigenvalue weighted by Crippen LogP contribution is -2.16. The summed E-state index contributed by atoms with van der Waals surface area (Å²) < 4.78 is 26.5. The first-order valence-corrected chi connectivity index (χ1v) is 7.71. The minimum atomic E-state index is -0.570. The van der Waals surface area contributed by atoms with E-state index in [-0.39, 0.29) is 12.4 Å². The molecule has 3 rings (SSSR count). The molecule has 1 aliphatic heterocycles. The van der Waals surface area contributed by atoms with Crippen molar-refractivity contribution in [2.45, 2.75) is 19.4 Å². The van der Waals surface area contributed by atoms with E-state index in [2.05, 4.69) is 16.7 Å². The largest absolute Gasteiger partial charge is 0.380 e. The highest BCUT2D eigenvalue weighted by Crippen LogP contribution is 2.31. The van der Waals surface area contributed by atoms with Crippen molar-refractivity contribution in [1.29, 1.82) is 0 Å². The number of hydrogen-bond acceptors (Lipinski definition) is 2. The molecule has 124 valence electrons. The molecule has 0 saturated heterocycles. The smallest absolute Gasteiger partial charge is 0.126 e. The van der Waals surface area contributed by atoms with Crippen molar-refractivity contribution in [3.05, 3.63) is 63.7 Å². The van der Waals surface area contributed by atoms with Gasteiger partial charge in [0.05, 0.1) is 10.7 Å². The van der Waals surface area contributed by atoms with Gasteiger partial charge in [-0.3, -0.25) is 0 Å². The van der Waals surface area contributed by atoms with E-state index in [1.54, 1.807) is 0 Å². The second-order valence-corrected chi connectivity index (χ2v) is 5.85. The molecule has 0 bridgehead atoms. The molecule has 0 spiro atoms. The Kier molecular flexibility index (Phi) is 6.22. The lowest BCUT2D eigenvalue weighted by atomic mass is 10.0. The molecule has 2 aromatic rings. The summed E-state index contributed by atoms with van der Waals surface area (Å²) in [5, 5.41) is 7.24. The van der Waals surface area contributed by atoms with Gasteiger partial charge in [-0.2, -0.15) is 0 Å². The van der Waals surface area contributed by atoms with Crippen LogP contribution in [0.4, 0.5) is 14.5 Å². The molecule has 0 aromatic heterocycles. The van der Waals surface area contributed by atoms with Gasteiger partial charge in [0.15, 0.2) is 0 Å². The van der Waals surface area contributed by atoms with Crippen molar-refractivity contribution in [2.75, 3.05) is 18.4 Å². The molecule has 6 heteroatoms. The predicted molar refractivity (Wildman–Crippen MR) is 92.7 cm³/mol. The minimum absolute atomic E-state index is 0. The predicted octanol–water partition coefficient (Wildman–Crippen LogP) is 4.34. The van der Waals surface area contributed by atoms with Crippen LogP contribution in [0.25, 0.3) is 0 Å². The summed E-state index contributed by atoms with van der Waals surface area (Å²) in [7, 11) is 0. The van der Waals surface area contributed by atoms with E-state index < -0.39 is 11.6 Å². The Balaban J connectivity index is 0.00000192. The third-order valence-corrected chi connectivity index (χ3v) is 4.19. The molecule has 0 fully saturated rings. The highest BCUT2D eigenvalue weighted by atomic mass is 35.5. The van der Waals surface area contributed by atoms with Gasteiger partial charge in [0.2, 0.25) is 0 Å². The molecular weight excluding hydrogens is 341 g/mol. The normalized spacial score (nSPS) is 13.7. The van der Waals surface area contributed by atoms with Crippen molar-refractivity contribution < 1.29 is 8.78 Å². The average molecular weight is 359 g/mol. The zero-order valence-corrected chi connectivity index (χ0v) is 14.0. The average Bonchev–Trinajstić information content (AvgIpc) is 2.70. The van der Waals surface area contributed by atoms with Crippen molar-refractivity contribution in [3.8, 4) is 0 Å². The van der Waals surface area contributed by atoms with Gasteiger partial charge in [0.1, 0.15) is 11.6 Å². The summed E-state index contributed by atoms with van der Waals surface area (Å²) in [4.78, 5) is 0. The van der Waals surface area contributed by atoms with Gasteiger partial charge in [-0.1, -0.05) is 17.7 Å². The fourth-order valence-corrected chi connectivity index (χ4v) is 3.08. The van der Waals surface area contributed by atoms with Crippen LogP contribution < -0.4 is 10.6 Å². The standard InChI is InChI=1S/C17H17ClF2N2.ClH/c18-16-2-1-12-3-5-21-6-4-15(12)17(16)22-10-11-7-13(19)9-14(20)8-11;/h1-2,7-9,21-22H,3-6,10H2;1H. The molecule has 0 unspecified atom stereocenters. The van der Waals surface area contributed by atoms with Gasteiger partial charge in [0, 0.05) is 12.6 Å². The number of anilines is 1. The number of nitrogens with one attached hydrogen (secondary N) is 2. The van der Waals surface area contributed by atoms with Crippen LogP contribution in [0.2, 0.25) is 5.02 Å². The molecular formula is C17H18Cl2F2N2. The Morgan fingerprint density at radius 1 is 1.04 bits per heavy atom. The quantitative estimate of drug-likeness (QED) is 0.852. The Bertz CT molecular complexity index is 672. The molecule has 0 radical (unpaired) electrons.